The van der Waals surface area contributed by atoms with Gasteiger partial charge >= 0.3 is 0 Å². The first-order chi connectivity index (χ1) is 15.8. The molecule has 0 radical (unpaired) electrons. The molecule has 5 aromatic rings. The molecule has 0 bridgehead atoms. The number of hydrogen-bond acceptors (Lipinski definition) is 5. The number of nitrogens with zero attached hydrogens (tertiary/aromatic N) is 5. The number of aromatic nitrogens is 4. The van der Waals surface area contributed by atoms with Gasteiger partial charge < -0.3 is 4.90 Å². The van der Waals surface area contributed by atoms with Crippen LogP contribution < -0.4 is 0 Å². The highest BCUT2D eigenvalue weighted by Crippen LogP contribution is 2.19. The fourth-order valence-corrected chi connectivity index (χ4v) is 4.29. The van der Waals surface area contributed by atoms with Gasteiger partial charge in [-0.1, -0.05) is 47.7 Å². The maximum absolute atomic E-state index is 13.3. The van der Waals surface area contributed by atoms with E-state index in [2.05, 4.69) is 51.0 Å². The summed E-state index contributed by atoms with van der Waals surface area (Å²) in [6.07, 6.45) is 1.79. The second-order valence-electron chi connectivity index (χ2n) is 7.53. The van der Waals surface area contributed by atoms with Crippen molar-refractivity contribution in [2.24, 2.45) is 0 Å². The SMILES string of the molecule is O=C(Cn1nnc2ccccc21)N(Cc1ccc(-c2ccccn2)cc1)Cc1ccsc1. The van der Waals surface area contributed by atoms with Crippen molar-refractivity contribution in [1.29, 1.82) is 0 Å². The van der Waals surface area contributed by atoms with Crippen molar-refractivity contribution in [1.82, 2.24) is 24.9 Å². The van der Waals surface area contributed by atoms with Gasteiger partial charge in [0.25, 0.3) is 0 Å². The molecular weight excluding hydrogens is 418 g/mol. The fraction of sp³-hybridized carbons (Fsp3) is 0.120. The Labute approximate surface area is 189 Å². The molecule has 3 heterocycles. The fourth-order valence-electron chi connectivity index (χ4n) is 3.63. The minimum atomic E-state index is 0.000607. The van der Waals surface area contributed by atoms with E-state index in [9.17, 15) is 4.79 Å². The van der Waals surface area contributed by atoms with Crippen LogP contribution in [-0.4, -0.2) is 30.8 Å². The molecular formula is C25H21N5OS. The smallest absolute Gasteiger partial charge is 0.244 e. The minimum Gasteiger partial charge on any atom is -0.332 e. The summed E-state index contributed by atoms with van der Waals surface area (Å²) < 4.78 is 1.67. The third kappa shape index (κ3) is 4.43. The van der Waals surface area contributed by atoms with Crippen molar-refractivity contribution >= 4 is 28.3 Å². The van der Waals surface area contributed by atoms with Gasteiger partial charge in [0.2, 0.25) is 5.91 Å². The molecule has 0 saturated carbocycles. The Hall–Kier alpha value is -3.84. The van der Waals surface area contributed by atoms with Crippen LogP contribution >= 0.6 is 11.3 Å². The molecule has 0 atom stereocenters. The minimum absolute atomic E-state index is 0.000607. The van der Waals surface area contributed by atoms with E-state index in [-0.39, 0.29) is 12.5 Å². The maximum Gasteiger partial charge on any atom is 0.244 e. The number of carbonyl (C=O) groups excluding carboxylic acids is 1. The molecule has 0 fully saturated rings. The lowest BCUT2D eigenvalue weighted by atomic mass is 10.1. The van der Waals surface area contributed by atoms with E-state index in [0.29, 0.717) is 13.1 Å². The molecule has 0 saturated heterocycles. The van der Waals surface area contributed by atoms with Crippen LogP contribution in [0.2, 0.25) is 0 Å². The lowest BCUT2D eigenvalue weighted by Crippen LogP contribution is -2.33. The van der Waals surface area contributed by atoms with Crippen LogP contribution in [0, 0.1) is 0 Å². The zero-order valence-electron chi connectivity index (χ0n) is 17.3. The van der Waals surface area contributed by atoms with Crippen LogP contribution in [0.25, 0.3) is 22.3 Å². The summed E-state index contributed by atoms with van der Waals surface area (Å²) in [5, 5.41) is 12.5. The maximum atomic E-state index is 13.3. The number of rotatable bonds is 7. The molecule has 0 aliphatic rings. The van der Waals surface area contributed by atoms with Crippen LogP contribution in [0.15, 0.2) is 89.8 Å². The van der Waals surface area contributed by atoms with Gasteiger partial charge in [0.1, 0.15) is 12.1 Å². The Kier molecular flexibility index (Phi) is 5.72. The first-order valence-electron chi connectivity index (χ1n) is 10.3. The number of fused-ring (bicyclic) bond motifs is 1. The molecule has 158 valence electrons. The molecule has 32 heavy (non-hydrogen) atoms. The molecule has 2 aromatic carbocycles. The van der Waals surface area contributed by atoms with Crippen LogP contribution in [0.1, 0.15) is 11.1 Å². The summed E-state index contributed by atoms with van der Waals surface area (Å²) in [7, 11) is 0. The van der Waals surface area contributed by atoms with Crippen molar-refractivity contribution in [3.8, 4) is 11.3 Å². The van der Waals surface area contributed by atoms with Crippen molar-refractivity contribution in [2.45, 2.75) is 19.6 Å². The molecule has 7 heteroatoms. The topological polar surface area (TPSA) is 63.9 Å². The molecule has 0 unspecified atom stereocenters. The molecule has 1 amide bonds. The zero-order valence-corrected chi connectivity index (χ0v) is 18.2. The average molecular weight is 440 g/mol. The highest BCUT2D eigenvalue weighted by atomic mass is 32.1. The molecule has 6 nitrogen and oxygen atoms in total. The van der Waals surface area contributed by atoms with Crippen LogP contribution in [-0.2, 0) is 24.4 Å². The first kappa shape index (κ1) is 20.1. The van der Waals surface area contributed by atoms with E-state index < -0.39 is 0 Å². The summed E-state index contributed by atoms with van der Waals surface area (Å²) in [6.45, 7) is 1.22. The summed E-state index contributed by atoms with van der Waals surface area (Å²) in [4.78, 5) is 19.6. The molecule has 0 N–H and O–H groups in total. The Morgan fingerprint density at radius 1 is 0.906 bits per heavy atom. The highest BCUT2D eigenvalue weighted by Gasteiger charge is 2.17. The van der Waals surface area contributed by atoms with Gasteiger partial charge in [0.05, 0.1) is 11.2 Å². The van der Waals surface area contributed by atoms with E-state index in [4.69, 9.17) is 0 Å². The Morgan fingerprint density at radius 2 is 1.72 bits per heavy atom. The molecule has 3 aromatic heterocycles. The number of amides is 1. The number of carbonyl (C=O) groups is 1. The third-order valence-corrected chi connectivity index (χ3v) is 6.03. The van der Waals surface area contributed by atoms with E-state index in [1.165, 1.54) is 0 Å². The van der Waals surface area contributed by atoms with E-state index in [0.717, 1.165) is 33.4 Å². The Balaban J connectivity index is 1.36. The molecule has 0 aliphatic carbocycles. The van der Waals surface area contributed by atoms with Crippen molar-refractivity contribution < 1.29 is 4.79 Å². The normalized spacial score (nSPS) is 11.0. The van der Waals surface area contributed by atoms with Crippen LogP contribution in [0.3, 0.4) is 0 Å². The lowest BCUT2D eigenvalue weighted by molar-refractivity contribution is -0.133. The van der Waals surface area contributed by atoms with Crippen molar-refractivity contribution in [3.05, 3.63) is 101 Å². The standard InChI is InChI=1S/C25H21N5OS/c31-25(17-30-24-7-2-1-6-23(24)27-28-30)29(16-20-12-14-32-18-20)15-19-8-10-21(11-9-19)22-5-3-4-13-26-22/h1-14,18H,15-17H2. The monoisotopic (exact) mass is 439 g/mol. The second kappa shape index (κ2) is 9.11. The molecule has 0 aliphatic heterocycles. The van der Waals surface area contributed by atoms with Crippen LogP contribution in [0.5, 0.6) is 0 Å². The number of para-hydroxylation sites is 1. The average Bonchev–Trinajstić information content (AvgIpc) is 3.50. The first-order valence-corrected chi connectivity index (χ1v) is 11.3. The second-order valence-corrected chi connectivity index (χ2v) is 8.31. The van der Waals surface area contributed by atoms with Crippen molar-refractivity contribution in [3.63, 3.8) is 0 Å². The number of benzene rings is 2. The number of thiophene rings is 1. The summed E-state index contributed by atoms with van der Waals surface area (Å²) in [5.41, 5.74) is 5.82. The van der Waals surface area contributed by atoms with E-state index >= 15 is 0 Å². The van der Waals surface area contributed by atoms with E-state index in [1.54, 1.807) is 22.2 Å². The Morgan fingerprint density at radius 3 is 2.50 bits per heavy atom. The summed E-state index contributed by atoms with van der Waals surface area (Å²) in [6, 6.07) is 23.8. The lowest BCUT2D eigenvalue weighted by Gasteiger charge is -2.23. The summed E-state index contributed by atoms with van der Waals surface area (Å²) in [5.74, 6) is 0.000607. The highest BCUT2D eigenvalue weighted by molar-refractivity contribution is 7.07. The Bertz CT molecular complexity index is 1310. The van der Waals surface area contributed by atoms with Crippen molar-refractivity contribution in [2.75, 3.05) is 0 Å². The number of hydrogen-bond donors (Lipinski definition) is 0. The van der Waals surface area contributed by atoms with Gasteiger partial charge in [0.15, 0.2) is 0 Å². The van der Waals surface area contributed by atoms with E-state index in [1.807, 2.05) is 52.7 Å². The van der Waals surface area contributed by atoms with Crippen LogP contribution in [0.4, 0.5) is 0 Å². The van der Waals surface area contributed by atoms with Gasteiger partial charge in [-0.15, -0.1) is 5.10 Å². The van der Waals surface area contributed by atoms with Gasteiger partial charge in [-0.3, -0.25) is 9.78 Å². The zero-order chi connectivity index (χ0) is 21.8. The quantitative estimate of drug-likeness (QED) is 0.366. The van der Waals surface area contributed by atoms with Gasteiger partial charge in [-0.05, 0) is 52.2 Å². The van der Waals surface area contributed by atoms with Gasteiger partial charge in [-0.2, -0.15) is 11.3 Å². The largest absolute Gasteiger partial charge is 0.332 e. The molecule has 5 rings (SSSR count). The number of pyridine rings is 1. The summed E-state index contributed by atoms with van der Waals surface area (Å²) >= 11 is 1.63. The predicted octanol–water partition coefficient (Wildman–Crippen LogP) is 4.78. The third-order valence-electron chi connectivity index (χ3n) is 5.30. The molecule has 0 spiro atoms. The predicted molar refractivity (Wildman–Crippen MR) is 126 cm³/mol. The van der Waals surface area contributed by atoms with Gasteiger partial charge in [-0.25, -0.2) is 4.68 Å². The van der Waals surface area contributed by atoms with Gasteiger partial charge in [0, 0.05) is 24.8 Å².